The molecule has 8 heteroatoms. The largest absolute Gasteiger partial charge is 0.495 e. The minimum absolute atomic E-state index is 0.0378. The highest BCUT2D eigenvalue weighted by molar-refractivity contribution is 7.80. The number of para-hydroxylation sites is 2. The summed E-state index contributed by atoms with van der Waals surface area (Å²) in [4.78, 5) is 12.6. The quantitative estimate of drug-likeness (QED) is 0.502. The summed E-state index contributed by atoms with van der Waals surface area (Å²) >= 11 is 5.60. The maximum atomic E-state index is 11.1. The zero-order chi connectivity index (χ0) is 18.5. The monoisotopic (exact) mass is 371 g/mol. The van der Waals surface area contributed by atoms with Crippen LogP contribution in [0.5, 0.6) is 11.5 Å². The molecule has 0 amide bonds. The molecule has 134 valence electrons. The van der Waals surface area contributed by atoms with E-state index in [1.165, 1.54) is 6.07 Å². The number of nitrogens with zero attached hydrogens (tertiary/aromatic N) is 2. The van der Waals surface area contributed by atoms with Gasteiger partial charge < -0.3 is 14.8 Å². The summed E-state index contributed by atoms with van der Waals surface area (Å²) in [5, 5.41) is 14.9. The van der Waals surface area contributed by atoms with Crippen molar-refractivity contribution < 1.29 is 14.4 Å². The van der Waals surface area contributed by atoms with Crippen molar-refractivity contribution in [1.29, 1.82) is 0 Å². The first-order valence-corrected chi connectivity index (χ1v) is 8.55. The van der Waals surface area contributed by atoms with Gasteiger partial charge in [-0.25, -0.2) is 0 Å². The standard InChI is InChI=1S/C18H17N3O4S/c1-18-10-13(12-9-11(21(22)23)7-8-15(12)25-18)19-17(26)20(18)14-5-3-4-6-16(14)24-2/h3-9,13H,10H2,1-2H3,(H,19,26). The summed E-state index contributed by atoms with van der Waals surface area (Å²) in [6, 6.07) is 12.1. The van der Waals surface area contributed by atoms with E-state index in [2.05, 4.69) is 5.32 Å². The lowest BCUT2D eigenvalue weighted by Crippen LogP contribution is -2.65. The predicted molar refractivity (Wildman–Crippen MR) is 101 cm³/mol. The van der Waals surface area contributed by atoms with Gasteiger partial charge in [0.2, 0.25) is 0 Å². The molecule has 2 bridgehead atoms. The normalized spacial score (nSPS) is 23.5. The third kappa shape index (κ3) is 2.45. The minimum Gasteiger partial charge on any atom is -0.495 e. The van der Waals surface area contributed by atoms with Gasteiger partial charge in [0.15, 0.2) is 10.8 Å². The van der Waals surface area contributed by atoms with Crippen molar-refractivity contribution >= 4 is 28.7 Å². The molecular formula is C18H17N3O4S. The van der Waals surface area contributed by atoms with E-state index >= 15 is 0 Å². The van der Waals surface area contributed by atoms with Crippen LogP contribution in [0.2, 0.25) is 0 Å². The van der Waals surface area contributed by atoms with Gasteiger partial charge in [0.1, 0.15) is 11.5 Å². The number of benzene rings is 2. The summed E-state index contributed by atoms with van der Waals surface area (Å²) in [6.07, 6.45) is 0.583. The minimum atomic E-state index is -0.731. The summed E-state index contributed by atoms with van der Waals surface area (Å²) in [5.41, 5.74) is 0.860. The molecule has 0 saturated carbocycles. The van der Waals surface area contributed by atoms with Gasteiger partial charge in [0.05, 0.1) is 23.8 Å². The SMILES string of the molecule is COc1ccccc1N1C(=S)NC2CC1(C)Oc1ccc([N+](=O)[O-])cc12. The smallest absolute Gasteiger partial charge is 0.270 e. The van der Waals surface area contributed by atoms with Gasteiger partial charge in [-0.15, -0.1) is 0 Å². The van der Waals surface area contributed by atoms with Crippen LogP contribution in [0, 0.1) is 10.1 Å². The maximum absolute atomic E-state index is 11.1. The molecule has 4 rings (SSSR count). The Morgan fingerprint density at radius 2 is 2.15 bits per heavy atom. The van der Waals surface area contributed by atoms with E-state index in [1.807, 2.05) is 36.1 Å². The van der Waals surface area contributed by atoms with Crippen LogP contribution in [-0.2, 0) is 0 Å². The Bertz CT molecular complexity index is 919. The molecule has 2 aliphatic rings. The van der Waals surface area contributed by atoms with Crippen LogP contribution in [-0.4, -0.2) is 22.9 Å². The Hall–Kier alpha value is -2.87. The number of rotatable bonds is 3. The number of nitro benzene ring substituents is 1. The third-order valence-electron chi connectivity index (χ3n) is 4.79. The van der Waals surface area contributed by atoms with Crippen molar-refractivity contribution in [3.8, 4) is 11.5 Å². The highest BCUT2D eigenvalue weighted by Crippen LogP contribution is 2.47. The average Bonchev–Trinajstić information content (AvgIpc) is 2.61. The van der Waals surface area contributed by atoms with Gasteiger partial charge in [-0.3, -0.25) is 15.0 Å². The van der Waals surface area contributed by atoms with Crippen molar-refractivity contribution in [1.82, 2.24) is 5.32 Å². The van der Waals surface area contributed by atoms with Crippen LogP contribution < -0.4 is 19.7 Å². The molecule has 0 radical (unpaired) electrons. The summed E-state index contributed by atoms with van der Waals surface area (Å²) in [6.45, 7) is 1.96. The molecule has 2 aromatic rings. The Morgan fingerprint density at radius 3 is 2.88 bits per heavy atom. The zero-order valence-electron chi connectivity index (χ0n) is 14.3. The van der Waals surface area contributed by atoms with E-state index in [0.29, 0.717) is 23.0 Å². The number of methoxy groups -OCH3 is 1. The van der Waals surface area contributed by atoms with Crippen molar-refractivity contribution in [2.75, 3.05) is 12.0 Å². The Morgan fingerprint density at radius 1 is 1.38 bits per heavy atom. The first kappa shape index (κ1) is 16.6. The lowest BCUT2D eigenvalue weighted by molar-refractivity contribution is -0.385. The van der Waals surface area contributed by atoms with Gasteiger partial charge >= 0.3 is 0 Å². The number of nitro groups is 1. The number of anilines is 1. The number of ether oxygens (including phenoxy) is 2. The topological polar surface area (TPSA) is 76.9 Å². The molecule has 1 saturated heterocycles. The van der Waals surface area contributed by atoms with Crippen LogP contribution in [0.3, 0.4) is 0 Å². The van der Waals surface area contributed by atoms with Gasteiger partial charge in [0.25, 0.3) is 5.69 Å². The van der Waals surface area contributed by atoms with Crippen molar-refractivity contribution in [3.05, 3.63) is 58.1 Å². The molecule has 2 heterocycles. The lowest BCUT2D eigenvalue weighted by atomic mass is 9.90. The average molecular weight is 371 g/mol. The summed E-state index contributed by atoms with van der Waals surface area (Å²) < 4.78 is 11.8. The van der Waals surface area contributed by atoms with E-state index in [4.69, 9.17) is 21.7 Å². The first-order chi connectivity index (χ1) is 12.4. The van der Waals surface area contributed by atoms with Gasteiger partial charge in [-0.2, -0.15) is 0 Å². The van der Waals surface area contributed by atoms with Crippen molar-refractivity contribution in [2.45, 2.75) is 25.1 Å². The number of hydrogen-bond donors (Lipinski definition) is 1. The first-order valence-electron chi connectivity index (χ1n) is 8.14. The summed E-state index contributed by atoms with van der Waals surface area (Å²) in [5.74, 6) is 1.30. The van der Waals surface area contributed by atoms with Crippen LogP contribution in [0.25, 0.3) is 0 Å². The molecule has 26 heavy (non-hydrogen) atoms. The van der Waals surface area contributed by atoms with E-state index in [-0.39, 0.29) is 11.7 Å². The number of hydrogen-bond acceptors (Lipinski definition) is 5. The molecule has 1 N–H and O–H groups in total. The van der Waals surface area contributed by atoms with Crippen LogP contribution >= 0.6 is 12.2 Å². The Balaban J connectivity index is 1.80. The highest BCUT2D eigenvalue weighted by Gasteiger charge is 2.49. The van der Waals surface area contributed by atoms with Crippen molar-refractivity contribution in [2.24, 2.45) is 0 Å². The molecule has 0 aromatic heterocycles. The molecular weight excluding hydrogens is 354 g/mol. The Kier molecular flexibility index (Phi) is 3.73. The maximum Gasteiger partial charge on any atom is 0.270 e. The molecule has 2 aromatic carbocycles. The second-order valence-corrected chi connectivity index (χ2v) is 6.86. The summed E-state index contributed by atoms with van der Waals surface area (Å²) in [7, 11) is 1.61. The molecule has 7 nitrogen and oxygen atoms in total. The fourth-order valence-electron chi connectivity index (χ4n) is 3.65. The van der Waals surface area contributed by atoms with Gasteiger partial charge in [0, 0.05) is 24.1 Å². The second-order valence-electron chi connectivity index (χ2n) is 6.47. The zero-order valence-corrected chi connectivity index (χ0v) is 15.1. The number of nitrogens with one attached hydrogen (secondary N) is 1. The van der Waals surface area contributed by atoms with Gasteiger partial charge in [-0.05, 0) is 37.3 Å². The van der Waals surface area contributed by atoms with Crippen molar-refractivity contribution in [3.63, 3.8) is 0 Å². The number of thiocarbonyl (C=S) groups is 1. The third-order valence-corrected chi connectivity index (χ3v) is 5.09. The predicted octanol–water partition coefficient (Wildman–Crippen LogP) is 3.54. The highest BCUT2D eigenvalue weighted by atomic mass is 32.1. The molecule has 2 aliphatic heterocycles. The lowest BCUT2D eigenvalue weighted by Gasteiger charge is -2.52. The number of fused-ring (bicyclic) bond motifs is 4. The molecule has 1 fully saturated rings. The van der Waals surface area contributed by atoms with E-state index in [0.717, 1.165) is 11.3 Å². The van der Waals surface area contributed by atoms with E-state index in [1.54, 1.807) is 19.2 Å². The van der Waals surface area contributed by atoms with E-state index < -0.39 is 10.6 Å². The number of non-ortho nitro benzene ring substituents is 1. The van der Waals surface area contributed by atoms with Gasteiger partial charge in [-0.1, -0.05) is 12.1 Å². The molecule has 2 atom stereocenters. The molecule has 0 aliphatic carbocycles. The fraction of sp³-hybridized carbons (Fsp3) is 0.278. The van der Waals surface area contributed by atoms with Crippen LogP contribution in [0.1, 0.15) is 24.9 Å². The van der Waals surface area contributed by atoms with E-state index in [9.17, 15) is 10.1 Å². The van der Waals surface area contributed by atoms with Crippen LogP contribution in [0.4, 0.5) is 11.4 Å². The molecule has 0 spiro atoms. The second kappa shape index (κ2) is 5.84. The molecule has 2 unspecified atom stereocenters. The fourth-order valence-corrected chi connectivity index (χ4v) is 4.09. The Labute approximate surface area is 155 Å². The van der Waals surface area contributed by atoms with Crippen LogP contribution in [0.15, 0.2) is 42.5 Å².